The van der Waals surface area contributed by atoms with Crippen LogP contribution in [-0.2, 0) is 4.79 Å². The highest BCUT2D eigenvalue weighted by molar-refractivity contribution is 5.90. The van der Waals surface area contributed by atoms with E-state index in [1.165, 1.54) is 5.56 Å². The lowest BCUT2D eigenvalue weighted by molar-refractivity contribution is -0.118. The normalized spacial score (nSPS) is 12.0. The van der Waals surface area contributed by atoms with Crippen LogP contribution >= 0.6 is 0 Å². The fourth-order valence-electron chi connectivity index (χ4n) is 1.88. The third-order valence-electron chi connectivity index (χ3n) is 3.33. The Kier molecular flexibility index (Phi) is 4.98. The number of anilines is 1. The number of rotatable bonds is 6. The van der Waals surface area contributed by atoms with Gasteiger partial charge in [-0.3, -0.25) is 4.79 Å². The van der Waals surface area contributed by atoms with Crippen LogP contribution in [0.2, 0.25) is 0 Å². The minimum atomic E-state index is -0.269. The molecule has 1 N–H and O–H groups in total. The summed E-state index contributed by atoms with van der Waals surface area (Å²) < 4.78 is 10.3. The summed E-state index contributed by atoms with van der Waals surface area (Å²) in [7, 11) is 0. The molecule has 0 fully saturated rings. The van der Waals surface area contributed by atoms with Crippen molar-refractivity contribution >= 4 is 11.7 Å². The first-order chi connectivity index (χ1) is 10.1. The number of carbonyl (C=O) groups is 1. The van der Waals surface area contributed by atoms with E-state index in [2.05, 4.69) is 24.3 Å². The van der Waals surface area contributed by atoms with Gasteiger partial charge in [0.15, 0.2) is 12.4 Å². The van der Waals surface area contributed by atoms with Crippen LogP contribution in [-0.4, -0.2) is 17.7 Å². The van der Waals surface area contributed by atoms with E-state index in [9.17, 15) is 4.79 Å². The summed E-state index contributed by atoms with van der Waals surface area (Å²) in [6, 6.07) is 9.48. The highest BCUT2D eigenvalue weighted by Crippen LogP contribution is 2.21. The van der Waals surface area contributed by atoms with Gasteiger partial charge in [0.25, 0.3) is 5.91 Å². The van der Waals surface area contributed by atoms with Crippen LogP contribution in [0.3, 0.4) is 0 Å². The van der Waals surface area contributed by atoms with Crippen molar-refractivity contribution in [3.63, 3.8) is 0 Å². The van der Waals surface area contributed by atoms with E-state index in [1.807, 2.05) is 24.3 Å². The fraction of sp³-hybridized carbons (Fsp3) is 0.375. The van der Waals surface area contributed by atoms with Gasteiger partial charge in [-0.2, -0.15) is 0 Å². The Morgan fingerprint density at radius 1 is 1.38 bits per heavy atom. The number of nitrogens with zero attached hydrogens (tertiary/aromatic N) is 1. The van der Waals surface area contributed by atoms with Crippen LogP contribution in [0.1, 0.15) is 37.5 Å². The molecule has 0 aliphatic rings. The molecule has 1 heterocycles. The highest BCUT2D eigenvalue weighted by Gasteiger charge is 2.07. The first-order valence-electron chi connectivity index (χ1n) is 7.04. The molecule has 0 unspecified atom stereocenters. The van der Waals surface area contributed by atoms with Crippen LogP contribution in [0.15, 0.2) is 34.9 Å². The Morgan fingerprint density at radius 2 is 2.10 bits per heavy atom. The highest BCUT2D eigenvalue weighted by atomic mass is 16.5. The molecular weight excluding hydrogens is 268 g/mol. The zero-order valence-corrected chi connectivity index (χ0v) is 12.6. The number of hydrogen-bond acceptors (Lipinski definition) is 4. The molecular formula is C16H20N2O3. The summed E-state index contributed by atoms with van der Waals surface area (Å²) in [5, 5.41) is 6.29. The molecule has 5 heteroatoms. The van der Waals surface area contributed by atoms with Crippen molar-refractivity contribution in [1.82, 2.24) is 5.16 Å². The topological polar surface area (TPSA) is 64.4 Å². The van der Waals surface area contributed by atoms with Gasteiger partial charge >= 0.3 is 0 Å². The smallest absolute Gasteiger partial charge is 0.263 e. The predicted octanol–water partition coefficient (Wildman–Crippen LogP) is 3.51. The summed E-state index contributed by atoms with van der Waals surface area (Å²) >= 11 is 0. The molecule has 21 heavy (non-hydrogen) atoms. The van der Waals surface area contributed by atoms with Crippen molar-refractivity contribution in [2.75, 3.05) is 11.9 Å². The molecule has 5 nitrogen and oxygen atoms in total. The van der Waals surface area contributed by atoms with Crippen molar-refractivity contribution in [1.29, 1.82) is 0 Å². The third kappa shape index (κ3) is 4.34. The fourth-order valence-corrected chi connectivity index (χ4v) is 1.88. The second kappa shape index (κ2) is 6.92. The van der Waals surface area contributed by atoms with Gasteiger partial charge in [-0.15, -0.1) is 0 Å². The molecule has 0 aliphatic heterocycles. The van der Waals surface area contributed by atoms with E-state index in [0.29, 0.717) is 23.2 Å². The molecule has 0 bridgehead atoms. The number of nitrogens with one attached hydrogen (secondary N) is 1. The maximum absolute atomic E-state index is 11.7. The number of aryl methyl sites for hydroxylation is 1. The van der Waals surface area contributed by atoms with Gasteiger partial charge in [0.05, 0.1) is 0 Å². The third-order valence-corrected chi connectivity index (χ3v) is 3.33. The van der Waals surface area contributed by atoms with E-state index in [-0.39, 0.29) is 12.5 Å². The monoisotopic (exact) mass is 288 g/mol. The quantitative estimate of drug-likeness (QED) is 0.883. The van der Waals surface area contributed by atoms with Gasteiger partial charge in [-0.1, -0.05) is 31.1 Å². The lowest BCUT2D eigenvalue weighted by Gasteiger charge is -2.10. The average molecular weight is 288 g/mol. The number of aromatic nitrogens is 1. The molecule has 1 amide bonds. The minimum absolute atomic E-state index is 0.0609. The molecule has 0 radical (unpaired) electrons. The molecule has 112 valence electrons. The zero-order chi connectivity index (χ0) is 15.2. The van der Waals surface area contributed by atoms with Gasteiger partial charge < -0.3 is 14.6 Å². The molecule has 0 saturated carbocycles. The number of benzene rings is 1. The van der Waals surface area contributed by atoms with Crippen LogP contribution < -0.4 is 10.1 Å². The van der Waals surface area contributed by atoms with Crippen molar-refractivity contribution < 1.29 is 14.1 Å². The standard InChI is InChI=1S/C16H20N2O3/c1-4-11(2)13-5-7-14(8-6-13)20-10-16(19)17-15-9-12(3)21-18-15/h5-9,11H,4,10H2,1-3H3,(H,17,18,19)/t11-/m0/s1. The molecule has 0 saturated heterocycles. The summed E-state index contributed by atoms with van der Waals surface area (Å²) in [5.74, 6) is 1.97. The van der Waals surface area contributed by atoms with Gasteiger partial charge in [0.1, 0.15) is 11.5 Å². The molecule has 1 atom stereocenters. The first-order valence-corrected chi connectivity index (χ1v) is 7.04. The molecule has 0 spiro atoms. The summed E-state index contributed by atoms with van der Waals surface area (Å²) in [5.41, 5.74) is 1.27. The van der Waals surface area contributed by atoms with Crippen LogP contribution in [0.4, 0.5) is 5.82 Å². The first kappa shape index (κ1) is 15.1. The molecule has 1 aromatic heterocycles. The Morgan fingerprint density at radius 3 is 2.67 bits per heavy atom. The van der Waals surface area contributed by atoms with Crippen LogP contribution in [0.25, 0.3) is 0 Å². The van der Waals surface area contributed by atoms with Gasteiger partial charge in [-0.05, 0) is 37.0 Å². The van der Waals surface area contributed by atoms with Gasteiger partial charge in [0.2, 0.25) is 0 Å². The van der Waals surface area contributed by atoms with E-state index >= 15 is 0 Å². The summed E-state index contributed by atoms with van der Waals surface area (Å²) in [6.07, 6.45) is 1.10. The number of carbonyl (C=O) groups excluding carboxylic acids is 1. The van der Waals surface area contributed by atoms with Crippen LogP contribution in [0, 0.1) is 6.92 Å². The Balaban J connectivity index is 1.83. The van der Waals surface area contributed by atoms with Crippen molar-refractivity contribution in [3.8, 4) is 5.75 Å². The van der Waals surface area contributed by atoms with Crippen molar-refractivity contribution in [2.24, 2.45) is 0 Å². The van der Waals surface area contributed by atoms with E-state index in [1.54, 1.807) is 13.0 Å². The van der Waals surface area contributed by atoms with Gasteiger partial charge in [-0.25, -0.2) is 0 Å². The van der Waals surface area contributed by atoms with E-state index in [4.69, 9.17) is 9.26 Å². The largest absolute Gasteiger partial charge is 0.484 e. The Hall–Kier alpha value is -2.30. The van der Waals surface area contributed by atoms with E-state index < -0.39 is 0 Å². The maximum atomic E-state index is 11.7. The minimum Gasteiger partial charge on any atom is -0.484 e. The zero-order valence-electron chi connectivity index (χ0n) is 12.6. The Labute approximate surface area is 124 Å². The number of hydrogen-bond donors (Lipinski definition) is 1. The van der Waals surface area contributed by atoms with Crippen molar-refractivity contribution in [2.45, 2.75) is 33.1 Å². The van der Waals surface area contributed by atoms with Crippen molar-refractivity contribution in [3.05, 3.63) is 41.7 Å². The second-order valence-corrected chi connectivity index (χ2v) is 5.04. The molecule has 0 aliphatic carbocycles. The summed E-state index contributed by atoms with van der Waals surface area (Å²) in [6.45, 7) is 6.04. The number of amides is 1. The summed E-state index contributed by atoms with van der Waals surface area (Å²) in [4.78, 5) is 11.7. The second-order valence-electron chi connectivity index (χ2n) is 5.04. The molecule has 2 rings (SSSR count). The SMILES string of the molecule is CC[C@H](C)c1ccc(OCC(=O)Nc2cc(C)on2)cc1. The van der Waals surface area contributed by atoms with Crippen LogP contribution in [0.5, 0.6) is 5.75 Å². The van der Waals surface area contributed by atoms with Gasteiger partial charge in [0, 0.05) is 6.07 Å². The lowest BCUT2D eigenvalue weighted by atomic mass is 9.99. The maximum Gasteiger partial charge on any atom is 0.263 e. The Bertz CT molecular complexity index is 590. The lowest BCUT2D eigenvalue weighted by Crippen LogP contribution is -2.20. The average Bonchev–Trinajstić information content (AvgIpc) is 2.90. The molecule has 1 aromatic carbocycles. The molecule has 2 aromatic rings. The number of ether oxygens (including phenoxy) is 1. The predicted molar refractivity (Wildman–Crippen MR) is 80.5 cm³/mol. The van der Waals surface area contributed by atoms with E-state index in [0.717, 1.165) is 6.42 Å².